The zero-order chi connectivity index (χ0) is 15.2. The number of carbonyl (C=O) groups excluding carboxylic acids is 1. The van der Waals surface area contributed by atoms with Crippen LogP contribution in [0.4, 0.5) is 0 Å². The van der Waals surface area contributed by atoms with E-state index < -0.39 is 0 Å². The van der Waals surface area contributed by atoms with Crippen LogP contribution in [-0.4, -0.2) is 37.0 Å². The van der Waals surface area contributed by atoms with Gasteiger partial charge in [0.25, 0.3) is 0 Å². The number of benzene rings is 1. The molecule has 0 saturated carbocycles. The van der Waals surface area contributed by atoms with E-state index in [4.69, 9.17) is 4.74 Å². The van der Waals surface area contributed by atoms with Gasteiger partial charge in [0.05, 0.1) is 6.61 Å². The highest BCUT2D eigenvalue weighted by atomic mass is 16.5. The van der Waals surface area contributed by atoms with Gasteiger partial charge in [0.15, 0.2) is 0 Å². The average Bonchev–Trinajstić information content (AvgIpc) is 2.48. The third-order valence-corrected chi connectivity index (χ3v) is 4.03. The molecule has 1 aromatic rings. The Balaban J connectivity index is 2.00. The third kappa shape index (κ3) is 4.21. The van der Waals surface area contributed by atoms with Gasteiger partial charge in [0.2, 0.25) is 5.91 Å². The number of hydrogen-bond acceptors (Lipinski definition) is 3. The maximum Gasteiger partial charge on any atom is 0.225 e. The summed E-state index contributed by atoms with van der Waals surface area (Å²) in [5, 5.41) is 3.39. The van der Waals surface area contributed by atoms with Crippen molar-refractivity contribution in [1.82, 2.24) is 10.2 Å². The second-order valence-electron chi connectivity index (χ2n) is 5.81. The highest BCUT2D eigenvalue weighted by Gasteiger charge is 2.27. The predicted molar refractivity (Wildman–Crippen MR) is 84.3 cm³/mol. The van der Waals surface area contributed by atoms with Crippen LogP contribution in [0.15, 0.2) is 24.3 Å². The number of amides is 1. The van der Waals surface area contributed by atoms with E-state index >= 15 is 0 Å². The fourth-order valence-electron chi connectivity index (χ4n) is 2.93. The first-order valence-corrected chi connectivity index (χ1v) is 7.80. The number of carbonyl (C=O) groups is 1. The van der Waals surface area contributed by atoms with Gasteiger partial charge in [-0.2, -0.15) is 0 Å². The lowest BCUT2D eigenvalue weighted by Gasteiger charge is -2.30. The molecule has 1 N–H and O–H groups in total. The van der Waals surface area contributed by atoms with Crippen LogP contribution in [0.5, 0.6) is 5.75 Å². The molecule has 21 heavy (non-hydrogen) atoms. The number of nitrogens with zero attached hydrogens (tertiary/aromatic N) is 1. The Morgan fingerprint density at radius 1 is 1.43 bits per heavy atom. The molecule has 2 atom stereocenters. The Bertz CT molecular complexity index is 476. The summed E-state index contributed by atoms with van der Waals surface area (Å²) < 4.78 is 5.63. The van der Waals surface area contributed by atoms with Crippen molar-refractivity contribution in [2.45, 2.75) is 39.3 Å². The van der Waals surface area contributed by atoms with E-state index in [9.17, 15) is 4.79 Å². The van der Waals surface area contributed by atoms with Gasteiger partial charge in [-0.3, -0.25) is 4.79 Å². The summed E-state index contributed by atoms with van der Waals surface area (Å²) in [4.78, 5) is 14.4. The van der Waals surface area contributed by atoms with Crippen LogP contribution in [0.2, 0.25) is 0 Å². The number of nitrogens with one attached hydrogen (secondary N) is 1. The summed E-state index contributed by atoms with van der Waals surface area (Å²) in [7, 11) is 1.89. The molecule has 0 spiro atoms. The van der Waals surface area contributed by atoms with Gasteiger partial charge < -0.3 is 15.0 Å². The summed E-state index contributed by atoms with van der Waals surface area (Å²) >= 11 is 0. The molecule has 0 aliphatic carbocycles. The van der Waals surface area contributed by atoms with Gasteiger partial charge in [0, 0.05) is 31.1 Å². The SMILES string of the molecule is CCOc1ccccc1CN(C)C(=O)C1CCNC(C)C1. The summed E-state index contributed by atoms with van der Waals surface area (Å²) in [5.41, 5.74) is 1.07. The molecule has 0 radical (unpaired) electrons. The minimum atomic E-state index is 0.144. The van der Waals surface area contributed by atoms with Crippen LogP contribution in [0.25, 0.3) is 0 Å². The highest BCUT2D eigenvalue weighted by Crippen LogP contribution is 2.22. The van der Waals surface area contributed by atoms with Gasteiger partial charge in [-0.1, -0.05) is 18.2 Å². The maximum atomic E-state index is 12.6. The zero-order valence-corrected chi connectivity index (χ0v) is 13.3. The van der Waals surface area contributed by atoms with Crippen LogP contribution in [-0.2, 0) is 11.3 Å². The van der Waals surface area contributed by atoms with E-state index in [0.717, 1.165) is 30.7 Å². The highest BCUT2D eigenvalue weighted by molar-refractivity contribution is 5.78. The zero-order valence-electron chi connectivity index (χ0n) is 13.3. The molecule has 0 bridgehead atoms. The lowest BCUT2D eigenvalue weighted by molar-refractivity contribution is -0.135. The maximum absolute atomic E-state index is 12.6. The van der Waals surface area contributed by atoms with Crippen molar-refractivity contribution in [1.29, 1.82) is 0 Å². The number of rotatable bonds is 5. The molecule has 1 heterocycles. The largest absolute Gasteiger partial charge is 0.494 e. The number of piperidine rings is 1. The Kier molecular flexibility index (Phi) is 5.62. The van der Waals surface area contributed by atoms with E-state index in [-0.39, 0.29) is 11.8 Å². The molecule has 0 aromatic heterocycles. The van der Waals surface area contributed by atoms with Crippen molar-refractivity contribution in [3.05, 3.63) is 29.8 Å². The van der Waals surface area contributed by atoms with Crippen LogP contribution >= 0.6 is 0 Å². The summed E-state index contributed by atoms with van der Waals surface area (Å²) in [6.45, 7) is 6.29. The van der Waals surface area contributed by atoms with Crippen molar-refractivity contribution >= 4 is 5.91 Å². The molecule has 1 amide bonds. The van der Waals surface area contributed by atoms with Gasteiger partial charge in [-0.25, -0.2) is 0 Å². The van der Waals surface area contributed by atoms with Crippen molar-refractivity contribution in [2.75, 3.05) is 20.2 Å². The second-order valence-corrected chi connectivity index (χ2v) is 5.81. The molecule has 4 heteroatoms. The first-order valence-electron chi connectivity index (χ1n) is 7.80. The minimum absolute atomic E-state index is 0.144. The number of hydrogen-bond donors (Lipinski definition) is 1. The van der Waals surface area contributed by atoms with Gasteiger partial charge in [-0.05, 0) is 39.3 Å². The fraction of sp³-hybridized carbons (Fsp3) is 0.588. The van der Waals surface area contributed by atoms with Crippen molar-refractivity contribution in [3.8, 4) is 5.75 Å². The predicted octanol–water partition coefficient (Wildman–Crippen LogP) is 2.43. The van der Waals surface area contributed by atoms with E-state index in [1.165, 1.54) is 0 Å². The Labute approximate surface area is 127 Å². The smallest absolute Gasteiger partial charge is 0.225 e. The molecular formula is C17H26N2O2. The molecule has 1 fully saturated rings. The fourth-order valence-corrected chi connectivity index (χ4v) is 2.93. The molecule has 2 unspecified atom stereocenters. The molecule has 2 rings (SSSR count). The molecule has 116 valence electrons. The molecule has 1 aliphatic rings. The Hall–Kier alpha value is -1.55. The van der Waals surface area contributed by atoms with Crippen LogP contribution in [0.1, 0.15) is 32.3 Å². The number of ether oxygens (including phenoxy) is 1. The molecule has 1 aromatic carbocycles. The summed E-state index contributed by atoms with van der Waals surface area (Å²) in [6, 6.07) is 8.37. The Morgan fingerprint density at radius 3 is 2.90 bits per heavy atom. The first-order chi connectivity index (χ1) is 10.1. The quantitative estimate of drug-likeness (QED) is 0.905. The molecule has 4 nitrogen and oxygen atoms in total. The summed E-state index contributed by atoms with van der Waals surface area (Å²) in [6.07, 6.45) is 1.86. The standard InChI is InChI=1S/C17H26N2O2/c1-4-21-16-8-6-5-7-15(16)12-19(3)17(20)14-9-10-18-13(2)11-14/h5-8,13-14,18H,4,9-12H2,1-3H3. The molecular weight excluding hydrogens is 264 g/mol. The van der Waals surface area contributed by atoms with E-state index in [0.29, 0.717) is 19.2 Å². The molecule has 1 aliphatic heterocycles. The first kappa shape index (κ1) is 15.8. The lowest BCUT2D eigenvalue weighted by Crippen LogP contribution is -2.42. The van der Waals surface area contributed by atoms with Crippen LogP contribution in [0.3, 0.4) is 0 Å². The van der Waals surface area contributed by atoms with Gasteiger partial charge >= 0.3 is 0 Å². The van der Waals surface area contributed by atoms with Crippen molar-refractivity contribution in [2.24, 2.45) is 5.92 Å². The normalized spacial score (nSPS) is 21.9. The Morgan fingerprint density at radius 2 is 2.19 bits per heavy atom. The summed E-state index contributed by atoms with van der Waals surface area (Å²) in [5.74, 6) is 1.26. The average molecular weight is 290 g/mol. The van der Waals surface area contributed by atoms with Gasteiger partial charge in [-0.15, -0.1) is 0 Å². The second kappa shape index (κ2) is 7.46. The van der Waals surface area contributed by atoms with E-state index in [1.807, 2.05) is 43.1 Å². The van der Waals surface area contributed by atoms with E-state index in [1.54, 1.807) is 0 Å². The third-order valence-electron chi connectivity index (χ3n) is 4.03. The van der Waals surface area contributed by atoms with Gasteiger partial charge in [0.1, 0.15) is 5.75 Å². The van der Waals surface area contributed by atoms with Crippen LogP contribution < -0.4 is 10.1 Å². The van der Waals surface area contributed by atoms with Crippen molar-refractivity contribution < 1.29 is 9.53 Å². The van der Waals surface area contributed by atoms with E-state index in [2.05, 4.69) is 12.2 Å². The van der Waals surface area contributed by atoms with Crippen molar-refractivity contribution in [3.63, 3.8) is 0 Å². The monoisotopic (exact) mass is 290 g/mol. The lowest BCUT2D eigenvalue weighted by atomic mass is 9.92. The topological polar surface area (TPSA) is 41.6 Å². The molecule has 1 saturated heterocycles. The minimum Gasteiger partial charge on any atom is -0.494 e. The van der Waals surface area contributed by atoms with Crippen LogP contribution in [0, 0.1) is 5.92 Å². The number of para-hydroxylation sites is 1.